The first-order chi connectivity index (χ1) is 8.56. The second-order valence-corrected chi connectivity index (χ2v) is 5.71. The molecular formula is C13H18BrN3O. The maximum Gasteiger partial charge on any atom is 0.220 e. The molecule has 0 unspecified atom stereocenters. The molecule has 0 atom stereocenters. The minimum atomic E-state index is -0.161. The summed E-state index contributed by atoms with van der Waals surface area (Å²) in [7, 11) is 0. The number of anilines is 1. The summed E-state index contributed by atoms with van der Waals surface area (Å²) in [6.45, 7) is 1.97. The highest BCUT2D eigenvalue weighted by molar-refractivity contribution is 9.10. The lowest BCUT2D eigenvalue weighted by atomic mass is 9.85. The SMILES string of the molecule is Cc1nc(NC2CCC(C(N)=O)CC2)ccc1Br. The number of hydrogen-bond donors (Lipinski definition) is 2. The summed E-state index contributed by atoms with van der Waals surface area (Å²) in [6.07, 6.45) is 3.71. The number of amides is 1. The van der Waals surface area contributed by atoms with Crippen LogP contribution in [0, 0.1) is 12.8 Å². The second-order valence-electron chi connectivity index (χ2n) is 4.86. The van der Waals surface area contributed by atoms with Gasteiger partial charge in [-0.25, -0.2) is 4.98 Å². The van der Waals surface area contributed by atoms with Gasteiger partial charge in [-0.3, -0.25) is 4.79 Å². The zero-order valence-corrected chi connectivity index (χ0v) is 12.0. The summed E-state index contributed by atoms with van der Waals surface area (Å²) < 4.78 is 1.02. The van der Waals surface area contributed by atoms with E-state index >= 15 is 0 Å². The fraction of sp³-hybridized carbons (Fsp3) is 0.538. The van der Waals surface area contributed by atoms with Crippen molar-refractivity contribution in [3.8, 4) is 0 Å². The quantitative estimate of drug-likeness (QED) is 0.901. The van der Waals surface area contributed by atoms with Gasteiger partial charge in [0.05, 0.1) is 5.69 Å². The lowest BCUT2D eigenvalue weighted by Gasteiger charge is -2.27. The van der Waals surface area contributed by atoms with Crippen LogP contribution in [0.25, 0.3) is 0 Å². The number of rotatable bonds is 3. The van der Waals surface area contributed by atoms with Crippen molar-refractivity contribution in [1.82, 2.24) is 4.98 Å². The van der Waals surface area contributed by atoms with Gasteiger partial charge in [0.15, 0.2) is 0 Å². The van der Waals surface area contributed by atoms with Crippen LogP contribution in [0.2, 0.25) is 0 Å². The van der Waals surface area contributed by atoms with Crippen LogP contribution in [-0.2, 0) is 4.79 Å². The van der Waals surface area contributed by atoms with Crippen molar-refractivity contribution in [2.75, 3.05) is 5.32 Å². The topological polar surface area (TPSA) is 68.0 Å². The van der Waals surface area contributed by atoms with E-state index in [4.69, 9.17) is 5.73 Å². The molecule has 0 saturated heterocycles. The minimum absolute atomic E-state index is 0.0580. The third-order valence-corrected chi connectivity index (χ3v) is 4.34. The Morgan fingerprint density at radius 2 is 2.06 bits per heavy atom. The van der Waals surface area contributed by atoms with E-state index < -0.39 is 0 Å². The molecule has 1 amide bonds. The predicted molar refractivity (Wildman–Crippen MR) is 75.2 cm³/mol. The molecule has 98 valence electrons. The summed E-state index contributed by atoms with van der Waals surface area (Å²) in [5.74, 6) is 0.798. The summed E-state index contributed by atoms with van der Waals surface area (Å²) in [5.41, 5.74) is 6.30. The first kappa shape index (κ1) is 13.3. The van der Waals surface area contributed by atoms with Crippen LogP contribution in [0.4, 0.5) is 5.82 Å². The van der Waals surface area contributed by atoms with Gasteiger partial charge in [0.25, 0.3) is 0 Å². The molecule has 18 heavy (non-hydrogen) atoms. The van der Waals surface area contributed by atoms with Gasteiger partial charge in [0.1, 0.15) is 5.82 Å². The Hall–Kier alpha value is -1.10. The zero-order chi connectivity index (χ0) is 13.1. The van der Waals surface area contributed by atoms with Crippen LogP contribution in [0.5, 0.6) is 0 Å². The van der Waals surface area contributed by atoms with Crippen LogP contribution in [0.1, 0.15) is 31.4 Å². The number of nitrogens with zero attached hydrogens (tertiary/aromatic N) is 1. The molecule has 1 aromatic heterocycles. The molecule has 1 aliphatic carbocycles. The number of carbonyl (C=O) groups excluding carboxylic acids is 1. The van der Waals surface area contributed by atoms with E-state index in [0.717, 1.165) is 41.7 Å². The molecule has 1 heterocycles. The summed E-state index contributed by atoms with van der Waals surface area (Å²) in [4.78, 5) is 15.6. The molecule has 2 rings (SSSR count). The summed E-state index contributed by atoms with van der Waals surface area (Å²) in [6, 6.07) is 4.37. The molecule has 0 aromatic carbocycles. The first-order valence-corrected chi connectivity index (χ1v) is 7.04. The number of pyridine rings is 1. The number of halogens is 1. The van der Waals surface area contributed by atoms with Crippen LogP contribution in [-0.4, -0.2) is 16.9 Å². The largest absolute Gasteiger partial charge is 0.369 e. The Bertz CT molecular complexity index is 442. The van der Waals surface area contributed by atoms with Crippen molar-refractivity contribution in [3.05, 3.63) is 22.3 Å². The molecule has 1 aliphatic rings. The third kappa shape index (κ3) is 3.22. The van der Waals surface area contributed by atoms with Crippen molar-refractivity contribution in [3.63, 3.8) is 0 Å². The smallest absolute Gasteiger partial charge is 0.220 e. The van der Waals surface area contributed by atoms with Gasteiger partial charge in [0, 0.05) is 16.4 Å². The molecule has 0 radical (unpaired) electrons. The van der Waals surface area contributed by atoms with Crippen LogP contribution in [0.15, 0.2) is 16.6 Å². The molecule has 0 bridgehead atoms. The Labute approximate surface area is 115 Å². The van der Waals surface area contributed by atoms with Gasteiger partial charge in [0.2, 0.25) is 5.91 Å². The number of aromatic nitrogens is 1. The number of aryl methyl sites for hydroxylation is 1. The molecule has 4 nitrogen and oxygen atoms in total. The van der Waals surface area contributed by atoms with Gasteiger partial charge in [-0.15, -0.1) is 0 Å². The van der Waals surface area contributed by atoms with Crippen molar-refractivity contribution in [2.45, 2.75) is 38.6 Å². The number of nitrogens with one attached hydrogen (secondary N) is 1. The summed E-state index contributed by atoms with van der Waals surface area (Å²) in [5, 5.41) is 3.42. The third-order valence-electron chi connectivity index (χ3n) is 3.50. The van der Waals surface area contributed by atoms with E-state index in [0.29, 0.717) is 6.04 Å². The Morgan fingerprint density at radius 3 is 2.61 bits per heavy atom. The minimum Gasteiger partial charge on any atom is -0.369 e. The van der Waals surface area contributed by atoms with E-state index in [1.54, 1.807) is 0 Å². The Morgan fingerprint density at radius 1 is 1.39 bits per heavy atom. The van der Waals surface area contributed by atoms with Gasteiger partial charge >= 0.3 is 0 Å². The fourth-order valence-corrected chi connectivity index (χ4v) is 2.58. The predicted octanol–water partition coefficient (Wildman–Crippen LogP) is 2.61. The van der Waals surface area contributed by atoms with E-state index in [1.807, 2.05) is 19.1 Å². The molecular weight excluding hydrogens is 294 g/mol. The molecule has 1 saturated carbocycles. The first-order valence-electron chi connectivity index (χ1n) is 6.25. The lowest BCUT2D eigenvalue weighted by molar-refractivity contribution is -0.122. The van der Waals surface area contributed by atoms with E-state index in [-0.39, 0.29) is 11.8 Å². The zero-order valence-electron chi connectivity index (χ0n) is 10.4. The van der Waals surface area contributed by atoms with Crippen LogP contribution < -0.4 is 11.1 Å². The standard InChI is InChI=1S/C13H18BrN3O/c1-8-11(14)6-7-12(16-8)17-10-4-2-9(3-5-10)13(15)18/h6-7,9-10H,2-5H2,1H3,(H2,15,18)(H,16,17). The molecule has 1 aromatic rings. The number of hydrogen-bond acceptors (Lipinski definition) is 3. The fourth-order valence-electron chi connectivity index (χ4n) is 2.36. The number of carbonyl (C=O) groups is 1. The highest BCUT2D eigenvalue weighted by Gasteiger charge is 2.24. The van der Waals surface area contributed by atoms with Gasteiger partial charge in [-0.2, -0.15) is 0 Å². The number of primary amides is 1. The maximum atomic E-state index is 11.1. The van der Waals surface area contributed by atoms with E-state index in [1.165, 1.54) is 0 Å². The van der Waals surface area contributed by atoms with Crippen molar-refractivity contribution in [1.29, 1.82) is 0 Å². The molecule has 1 fully saturated rings. The Kier molecular flexibility index (Phi) is 4.22. The van der Waals surface area contributed by atoms with Crippen LogP contribution in [0.3, 0.4) is 0 Å². The monoisotopic (exact) mass is 311 g/mol. The number of nitrogens with two attached hydrogens (primary N) is 1. The molecule has 5 heteroatoms. The lowest BCUT2D eigenvalue weighted by Crippen LogP contribution is -2.32. The van der Waals surface area contributed by atoms with E-state index in [2.05, 4.69) is 26.2 Å². The molecule has 0 spiro atoms. The van der Waals surface area contributed by atoms with Crippen LogP contribution >= 0.6 is 15.9 Å². The highest BCUT2D eigenvalue weighted by atomic mass is 79.9. The van der Waals surface area contributed by atoms with E-state index in [9.17, 15) is 4.79 Å². The van der Waals surface area contributed by atoms with Crippen molar-refractivity contribution < 1.29 is 4.79 Å². The molecule has 0 aliphatic heterocycles. The summed E-state index contributed by atoms with van der Waals surface area (Å²) >= 11 is 3.44. The van der Waals surface area contributed by atoms with Crippen molar-refractivity contribution in [2.24, 2.45) is 11.7 Å². The van der Waals surface area contributed by atoms with Crippen molar-refractivity contribution >= 4 is 27.7 Å². The maximum absolute atomic E-state index is 11.1. The van der Waals surface area contributed by atoms with Gasteiger partial charge in [-0.05, 0) is 60.7 Å². The second kappa shape index (κ2) is 5.69. The average molecular weight is 312 g/mol. The highest BCUT2D eigenvalue weighted by Crippen LogP contribution is 2.26. The molecule has 3 N–H and O–H groups in total. The normalized spacial score (nSPS) is 23.7. The van der Waals surface area contributed by atoms with Gasteiger partial charge < -0.3 is 11.1 Å². The average Bonchev–Trinajstić information content (AvgIpc) is 2.34. The Balaban J connectivity index is 1.91. The van der Waals surface area contributed by atoms with Gasteiger partial charge in [-0.1, -0.05) is 0 Å².